The summed E-state index contributed by atoms with van der Waals surface area (Å²) in [5.74, 6) is 0. The van der Waals surface area contributed by atoms with Gasteiger partial charge in [0.2, 0.25) is 0 Å². The molecule has 2 heteroatoms. The third kappa shape index (κ3) is 1.16. The van der Waals surface area contributed by atoms with Gasteiger partial charge in [-0.05, 0) is 19.1 Å². The molecule has 1 aromatic carbocycles. The second-order valence-corrected chi connectivity index (χ2v) is 2.84. The van der Waals surface area contributed by atoms with Gasteiger partial charge in [0.25, 0.3) is 0 Å². The monoisotopic (exact) mass is 160 g/mol. The first-order valence-electron chi connectivity index (χ1n) is 4.15. The minimum atomic E-state index is 0.896. The molecule has 2 rings (SSSR count). The number of nitrogens with one attached hydrogen (secondary N) is 2. The Morgan fingerprint density at radius 1 is 1.25 bits per heavy atom. The number of anilines is 2. The molecule has 0 aromatic heterocycles. The molecule has 1 aromatic rings. The zero-order valence-corrected chi connectivity index (χ0v) is 7.09. The fraction of sp³-hybridized carbons (Fsp3) is 0.200. The topological polar surface area (TPSA) is 24.1 Å². The zero-order valence-electron chi connectivity index (χ0n) is 7.09. The van der Waals surface area contributed by atoms with E-state index in [0.29, 0.717) is 0 Å². The van der Waals surface area contributed by atoms with Crippen molar-refractivity contribution in [2.75, 3.05) is 17.2 Å². The Balaban J connectivity index is 2.35. The molecule has 0 saturated carbocycles. The molecule has 0 saturated heterocycles. The molecule has 0 amide bonds. The minimum Gasteiger partial charge on any atom is -0.378 e. The van der Waals surface area contributed by atoms with Crippen LogP contribution in [0.15, 0.2) is 36.0 Å². The first-order valence-corrected chi connectivity index (χ1v) is 4.15. The number of fused-ring (bicyclic) bond motifs is 1. The van der Waals surface area contributed by atoms with E-state index in [1.807, 2.05) is 19.1 Å². The second-order valence-electron chi connectivity index (χ2n) is 2.84. The molecule has 0 atom stereocenters. The van der Waals surface area contributed by atoms with E-state index in [9.17, 15) is 0 Å². The lowest BCUT2D eigenvalue weighted by Crippen LogP contribution is -2.18. The normalized spacial score (nSPS) is 17.9. The van der Waals surface area contributed by atoms with Crippen molar-refractivity contribution in [1.29, 1.82) is 0 Å². The third-order valence-electron chi connectivity index (χ3n) is 2.04. The summed E-state index contributed by atoms with van der Waals surface area (Å²) in [5.41, 5.74) is 3.58. The maximum atomic E-state index is 3.35. The molecule has 62 valence electrons. The number of hydrogen-bond acceptors (Lipinski definition) is 2. The highest BCUT2D eigenvalue weighted by Crippen LogP contribution is 2.25. The third-order valence-corrected chi connectivity index (χ3v) is 2.04. The molecular weight excluding hydrogens is 148 g/mol. The predicted molar refractivity (Wildman–Crippen MR) is 52.3 cm³/mol. The molecule has 0 unspecified atom stereocenters. The van der Waals surface area contributed by atoms with Crippen molar-refractivity contribution in [2.24, 2.45) is 0 Å². The number of rotatable bonds is 0. The van der Waals surface area contributed by atoms with Gasteiger partial charge in [-0.2, -0.15) is 0 Å². The van der Waals surface area contributed by atoms with Gasteiger partial charge in [0, 0.05) is 5.70 Å². The van der Waals surface area contributed by atoms with Crippen LogP contribution in [0.5, 0.6) is 0 Å². The van der Waals surface area contributed by atoms with Gasteiger partial charge >= 0.3 is 0 Å². The lowest BCUT2D eigenvalue weighted by molar-refractivity contribution is 1.16. The Kier molecular flexibility index (Phi) is 1.74. The average Bonchev–Trinajstić information content (AvgIpc) is 2.17. The molecule has 2 nitrogen and oxygen atoms in total. The Morgan fingerprint density at radius 2 is 2.00 bits per heavy atom. The lowest BCUT2D eigenvalue weighted by atomic mass is 10.2. The summed E-state index contributed by atoms with van der Waals surface area (Å²) >= 11 is 0. The fourth-order valence-electron chi connectivity index (χ4n) is 1.33. The zero-order chi connectivity index (χ0) is 8.39. The van der Waals surface area contributed by atoms with Crippen molar-refractivity contribution in [3.8, 4) is 0 Å². The van der Waals surface area contributed by atoms with Gasteiger partial charge in [0.15, 0.2) is 0 Å². The van der Waals surface area contributed by atoms with Crippen LogP contribution >= 0.6 is 0 Å². The van der Waals surface area contributed by atoms with Gasteiger partial charge in [-0.25, -0.2) is 0 Å². The van der Waals surface area contributed by atoms with E-state index in [-0.39, 0.29) is 0 Å². The van der Waals surface area contributed by atoms with Gasteiger partial charge in [-0.15, -0.1) is 0 Å². The Hall–Kier alpha value is -1.44. The van der Waals surface area contributed by atoms with Crippen LogP contribution in [0.25, 0.3) is 0 Å². The van der Waals surface area contributed by atoms with Crippen LogP contribution in [0.1, 0.15) is 6.92 Å². The summed E-state index contributed by atoms with van der Waals surface area (Å²) in [7, 11) is 0. The summed E-state index contributed by atoms with van der Waals surface area (Å²) in [4.78, 5) is 0. The number of allylic oxidation sites excluding steroid dienone is 1. The lowest BCUT2D eigenvalue weighted by Gasteiger charge is -2.21. The van der Waals surface area contributed by atoms with Gasteiger partial charge < -0.3 is 10.6 Å². The van der Waals surface area contributed by atoms with Gasteiger partial charge in [0.05, 0.1) is 17.9 Å². The van der Waals surface area contributed by atoms with E-state index in [0.717, 1.165) is 12.2 Å². The molecule has 0 fully saturated rings. The SMILES string of the molecule is CC=C1CNc2ccccc2N1. The predicted octanol–water partition coefficient (Wildman–Crippen LogP) is 2.43. The van der Waals surface area contributed by atoms with Crippen LogP contribution in [-0.2, 0) is 0 Å². The molecule has 1 aliphatic rings. The van der Waals surface area contributed by atoms with Crippen LogP contribution in [0.2, 0.25) is 0 Å². The minimum absolute atomic E-state index is 0.896. The van der Waals surface area contributed by atoms with E-state index in [1.165, 1.54) is 11.4 Å². The van der Waals surface area contributed by atoms with Crippen LogP contribution in [-0.4, -0.2) is 6.54 Å². The van der Waals surface area contributed by atoms with E-state index in [1.54, 1.807) is 0 Å². The molecule has 1 aliphatic heterocycles. The summed E-state index contributed by atoms with van der Waals surface area (Å²) < 4.78 is 0. The van der Waals surface area contributed by atoms with Crippen molar-refractivity contribution in [2.45, 2.75) is 6.92 Å². The Morgan fingerprint density at radius 3 is 2.75 bits per heavy atom. The summed E-state index contributed by atoms with van der Waals surface area (Å²) in [5, 5.41) is 6.68. The quantitative estimate of drug-likeness (QED) is 0.609. The first kappa shape index (κ1) is 7.22. The maximum absolute atomic E-state index is 3.35. The van der Waals surface area contributed by atoms with E-state index in [4.69, 9.17) is 0 Å². The summed E-state index contributed by atoms with van der Waals surface area (Å²) in [6.45, 7) is 2.94. The van der Waals surface area contributed by atoms with Gasteiger partial charge in [-0.3, -0.25) is 0 Å². The van der Waals surface area contributed by atoms with Crippen molar-refractivity contribution in [3.05, 3.63) is 36.0 Å². The number of hydrogen-bond donors (Lipinski definition) is 2. The average molecular weight is 160 g/mol. The highest BCUT2D eigenvalue weighted by molar-refractivity contribution is 5.73. The molecule has 0 spiro atoms. The number of benzene rings is 1. The second kappa shape index (κ2) is 2.89. The van der Waals surface area contributed by atoms with Crippen LogP contribution in [0.3, 0.4) is 0 Å². The standard InChI is InChI=1S/C10H12N2/c1-2-8-7-11-9-5-3-4-6-10(9)12-8/h2-6,11-12H,7H2,1H3. The summed E-state index contributed by atoms with van der Waals surface area (Å²) in [6, 6.07) is 8.22. The van der Waals surface area contributed by atoms with Crippen LogP contribution in [0.4, 0.5) is 11.4 Å². The highest BCUT2D eigenvalue weighted by Gasteiger charge is 2.08. The first-order chi connectivity index (χ1) is 5.90. The highest BCUT2D eigenvalue weighted by atomic mass is 15.0. The molecule has 2 N–H and O–H groups in total. The smallest absolute Gasteiger partial charge is 0.0618 e. The molecule has 0 radical (unpaired) electrons. The molecule has 0 aliphatic carbocycles. The van der Waals surface area contributed by atoms with Crippen molar-refractivity contribution in [3.63, 3.8) is 0 Å². The Labute approximate surface area is 72.3 Å². The van der Waals surface area contributed by atoms with Crippen LogP contribution in [0, 0.1) is 0 Å². The number of para-hydroxylation sites is 2. The molecule has 12 heavy (non-hydrogen) atoms. The van der Waals surface area contributed by atoms with E-state index < -0.39 is 0 Å². The fourth-order valence-corrected chi connectivity index (χ4v) is 1.33. The maximum Gasteiger partial charge on any atom is 0.0618 e. The molecule has 1 heterocycles. The summed E-state index contributed by atoms with van der Waals surface area (Å²) in [6.07, 6.45) is 2.09. The Bertz CT molecular complexity index is 315. The van der Waals surface area contributed by atoms with Crippen LogP contribution < -0.4 is 10.6 Å². The van der Waals surface area contributed by atoms with Gasteiger partial charge in [0.1, 0.15) is 0 Å². The van der Waals surface area contributed by atoms with E-state index in [2.05, 4.69) is 28.8 Å². The van der Waals surface area contributed by atoms with Crippen molar-refractivity contribution < 1.29 is 0 Å². The molecule has 0 bridgehead atoms. The van der Waals surface area contributed by atoms with Crippen molar-refractivity contribution in [1.82, 2.24) is 0 Å². The van der Waals surface area contributed by atoms with E-state index >= 15 is 0 Å². The van der Waals surface area contributed by atoms with Gasteiger partial charge in [-0.1, -0.05) is 18.2 Å². The largest absolute Gasteiger partial charge is 0.378 e. The van der Waals surface area contributed by atoms with Crippen molar-refractivity contribution >= 4 is 11.4 Å². The molecular formula is C10H12N2.